The van der Waals surface area contributed by atoms with Crippen LogP contribution in [0.2, 0.25) is 0 Å². The van der Waals surface area contributed by atoms with Gasteiger partial charge in [-0.25, -0.2) is 8.42 Å². The lowest BCUT2D eigenvalue weighted by molar-refractivity contribution is -0.139. The molecule has 9 heteroatoms. The van der Waals surface area contributed by atoms with Crippen LogP contribution in [0.5, 0.6) is 5.75 Å². The van der Waals surface area contributed by atoms with E-state index in [1.807, 2.05) is 37.3 Å². The quantitative estimate of drug-likeness (QED) is 0.315. The third-order valence-electron chi connectivity index (χ3n) is 7.52. The van der Waals surface area contributed by atoms with E-state index in [0.717, 1.165) is 35.6 Å². The summed E-state index contributed by atoms with van der Waals surface area (Å²) in [4.78, 5) is 29.2. The SMILES string of the molecule is CC[C@H](C(=O)NC1CCCC1)N(CCc1ccccc1)C(=O)CN(c1cccc(OC)c1)S(=O)(=O)c1ccccc1. The van der Waals surface area contributed by atoms with Gasteiger partial charge in [-0.3, -0.25) is 13.9 Å². The summed E-state index contributed by atoms with van der Waals surface area (Å²) >= 11 is 0. The maximum Gasteiger partial charge on any atom is 0.264 e. The van der Waals surface area contributed by atoms with Gasteiger partial charge in [0.15, 0.2) is 0 Å². The van der Waals surface area contributed by atoms with Gasteiger partial charge < -0.3 is 15.0 Å². The van der Waals surface area contributed by atoms with E-state index >= 15 is 0 Å². The summed E-state index contributed by atoms with van der Waals surface area (Å²) < 4.78 is 34.3. The van der Waals surface area contributed by atoms with Gasteiger partial charge in [0.05, 0.1) is 17.7 Å². The van der Waals surface area contributed by atoms with Crippen molar-refractivity contribution < 1.29 is 22.7 Å². The number of methoxy groups -OCH3 is 1. The minimum atomic E-state index is -4.12. The molecule has 0 saturated heterocycles. The lowest BCUT2D eigenvalue weighted by Crippen LogP contribution is -2.54. The second-order valence-corrected chi connectivity index (χ2v) is 12.1. The highest BCUT2D eigenvalue weighted by Gasteiger charge is 2.34. The van der Waals surface area contributed by atoms with E-state index in [2.05, 4.69) is 5.32 Å². The molecule has 1 aliphatic rings. The molecule has 0 unspecified atom stereocenters. The van der Waals surface area contributed by atoms with Crippen LogP contribution in [0.1, 0.15) is 44.6 Å². The second kappa shape index (κ2) is 14.2. The van der Waals surface area contributed by atoms with Gasteiger partial charge in [-0.05, 0) is 55.5 Å². The summed E-state index contributed by atoms with van der Waals surface area (Å²) in [5, 5.41) is 3.14. The summed E-state index contributed by atoms with van der Waals surface area (Å²) in [6, 6.07) is 23.8. The summed E-state index contributed by atoms with van der Waals surface area (Å²) in [5.74, 6) is -0.178. The van der Waals surface area contributed by atoms with Gasteiger partial charge in [-0.15, -0.1) is 0 Å². The molecule has 4 rings (SSSR count). The van der Waals surface area contributed by atoms with Gasteiger partial charge in [0.2, 0.25) is 11.8 Å². The number of anilines is 1. The zero-order chi connectivity index (χ0) is 29.2. The van der Waals surface area contributed by atoms with Gasteiger partial charge in [-0.1, -0.05) is 74.4 Å². The first-order chi connectivity index (χ1) is 19.8. The summed E-state index contributed by atoms with van der Waals surface area (Å²) in [5.41, 5.74) is 1.32. The number of nitrogens with one attached hydrogen (secondary N) is 1. The fourth-order valence-corrected chi connectivity index (χ4v) is 6.70. The van der Waals surface area contributed by atoms with Crippen LogP contribution in [0.3, 0.4) is 0 Å². The Balaban J connectivity index is 1.67. The van der Waals surface area contributed by atoms with Gasteiger partial charge in [0.1, 0.15) is 18.3 Å². The molecule has 1 saturated carbocycles. The molecule has 1 N–H and O–H groups in total. The standard InChI is InChI=1S/C32H39N3O5S/c1-3-30(32(37)33-26-15-10-11-16-26)34(22-21-25-13-6-4-7-14-25)31(36)24-35(27-17-12-18-28(23-27)40-2)41(38,39)29-19-8-5-9-20-29/h4-9,12-14,17-20,23,26,30H,3,10-11,15-16,21-22,24H2,1-2H3,(H,33,37)/t30-/m1/s1. The van der Waals surface area contributed by atoms with Crippen molar-refractivity contribution in [3.63, 3.8) is 0 Å². The second-order valence-electron chi connectivity index (χ2n) is 10.3. The Morgan fingerprint density at radius 3 is 2.24 bits per heavy atom. The zero-order valence-corrected chi connectivity index (χ0v) is 24.6. The van der Waals surface area contributed by atoms with E-state index in [1.54, 1.807) is 47.4 Å². The first-order valence-corrected chi connectivity index (χ1v) is 15.6. The normalized spacial score (nSPS) is 14.3. The van der Waals surface area contributed by atoms with Crippen LogP contribution < -0.4 is 14.4 Å². The molecule has 3 aromatic rings. The zero-order valence-electron chi connectivity index (χ0n) is 23.7. The fourth-order valence-electron chi connectivity index (χ4n) is 5.28. The van der Waals surface area contributed by atoms with Gasteiger partial charge in [0.25, 0.3) is 10.0 Å². The summed E-state index contributed by atoms with van der Waals surface area (Å²) in [7, 11) is -2.62. The molecule has 1 atom stereocenters. The largest absolute Gasteiger partial charge is 0.497 e. The topological polar surface area (TPSA) is 96.0 Å². The van der Waals surface area contributed by atoms with Crippen molar-refractivity contribution in [3.05, 3.63) is 90.5 Å². The number of benzene rings is 3. The number of hydrogen-bond donors (Lipinski definition) is 1. The lowest BCUT2D eigenvalue weighted by atomic mass is 10.1. The highest BCUT2D eigenvalue weighted by molar-refractivity contribution is 7.92. The average molecular weight is 578 g/mol. The number of nitrogens with zero attached hydrogens (tertiary/aromatic N) is 2. The van der Waals surface area contributed by atoms with Crippen LogP contribution in [0.15, 0.2) is 89.8 Å². The van der Waals surface area contributed by atoms with Crippen molar-refractivity contribution in [1.82, 2.24) is 10.2 Å². The molecule has 1 fully saturated rings. The van der Waals surface area contributed by atoms with Crippen LogP contribution in [0.25, 0.3) is 0 Å². The number of hydrogen-bond acceptors (Lipinski definition) is 5. The number of sulfonamides is 1. The lowest BCUT2D eigenvalue weighted by Gasteiger charge is -2.33. The third kappa shape index (κ3) is 7.67. The van der Waals surface area contributed by atoms with Crippen LogP contribution >= 0.6 is 0 Å². The summed E-state index contributed by atoms with van der Waals surface area (Å²) in [6.45, 7) is 1.69. The first-order valence-electron chi connectivity index (χ1n) is 14.2. The van der Waals surface area contributed by atoms with Crippen LogP contribution in [-0.4, -0.2) is 57.4 Å². The predicted molar refractivity (Wildman–Crippen MR) is 160 cm³/mol. The van der Waals surface area contributed by atoms with Crippen LogP contribution in [-0.2, 0) is 26.0 Å². The molecule has 2 amide bonds. The summed E-state index contributed by atoms with van der Waals surface area (Å²) in [6.07, 6.45) is 4.95. The minimum absolute atomic E-state index is 0.0671. The number of carbonyl (C=O) groups excluding carboxylic acids is 2. The van der Waals surface area contributed by atoms with E-state index < -0.39 is 28.5 Å². The molecule has 3 aromatic carbocycles. The Morgan fingerprint density at radius 1 is 0.951 bits per heavy atom. The highest BCUT2D eigenvalue weighted by atomic mass is 32.2. The maximum absolute atomic E-state index is 14.1. The fraction of sp³-hybridized carbons (Fsp3) is 0.375. The Hall–Kier alpha value is -3.85. The van der Waals surface area contributed by atoms with Crippen molar-refractivity contribution in [1.29, 1.82) is 0 Å². The molecule has 41 heavy (non-hydrogen) atoms. The van der Waals surface area contributed by atoms with Crippen LogP contribution in [0, 0.1) is 0 Å². The smallest absolute Gasteiger partial charge is 0.264 e. The number of ether oxygens (including phenoxy) is 1. The molecule has 0 heterocycles. The van der Waals surface area contributed by atoms with E-state index in [0.29, 0.717) is 24.3 Å². The molecule has 8 nitrogen and oxygen atoms in total. The molecular formula is C32H39N3O5S. The molecule has 0 aliphatic heterocycles. The van der Waals surface area contributed by atoms with Crippen molar-refractivity contribution in [2.24, 2.45) is 0 Å². The Morgan fingerprint density at radius 2 is 1.61 bits per heavy atom. The number of amides is 2. The first kappa shape index (κ1) is 30.1. The van der Waals surface area contributed by atoms with Crippen molar-refractivity contribution in [3.8, 4) is 5.75 Å². The molecule has 0 radical (unpaired) electrons. The molecule has 218 valence electrons. The van der Waals surface area contributed by atoms with Crippen LogP contribution in [0.4, 0.5) is 5.69 Å². The molecular weight excluding hydrogens is 538 g/mol. The van der Waals surface area contributed by atoms with E-state index in [9.17, 15) is 18.0 Å². The van der Waals surface area contributed by atoms with E-state index in [-0.39, 0.29) is 23.4 Å². The third-order valence-corrected chi connectivity index (χ3v) is 9.31. The van der Waals surface area contributed by atoms with Crippen molar-refractivity contribution >= 4 is 27.5 Å². The highest BCUT2D eigenvalue weighted by Crippen LogP contribution is 2.27. The Bertz CT molecular complexity index is 1390. The Labute approximate surface area is 243 Å². The Kier molecular flexibility index (Phi) is 10.4. The van der Waals surface area contributed by atoms with Gasteiger partial charge in [0, 0.05) is 18.7 Å². The number of carbonyl (C=O) groups is 2. The van der Waals surface area contributed by atoms with Crippen molar-refractivity contribution in [2.75, 3.05) is 24.5 Å². The molecule has 0 aromatic heterocycles. The van der Waals surface area contributed by atoms with Gasteiger partial charge >= 0.3 is 0 Å². The van der Waals surface area contributed by atoms with E-state index in [4.69, 9.17) is 4.74 Å². The molecule has 0 spiro atoms. The van der Waals surface area contributed by atoms with E-state index in [1.165, 1.54) is 19.2 Å². The molecule has 0 bridgehead atoms. The van der Waals surface area contributed by atoms with Crippen molar-refractivity contribution in [2.45, 2.75) is 62.4 Å². The molecule has 1 aliphatic carbocycles. The minimum Gasteiger partial charge on any atom is -0.497 e. The average Bonchev–Trinajstić information content (AvgIpc) is 3.51. The maximum atomic E-state index is 14.1. The number of rotatable bonds is 13. The van der Waals surface area contributed by atoms with Gasteiger partial charge in [-0.2, -0.15) is 0 Å². The predicted octanol–water partition coefficient (Wildman–Crippen LogP) is 4.80. The monoisotopic (exact) mass is 577 g/mol.